The van der Waals surface area contributed by atoms with Crippen molar-refractivity contribution in [1.82, 2.24) is 9.80 Å². The minimum atomic E-state index is -0.627. The lowest BCUT2D eigenvalue weighted by atomic mass is 10.1. The summed E-state index contributed by atoms with van der Waals surface area (Å²) in [7, 11) is 0. The number of phenolic OH excluding ortho intramolecular Hbond substituents is 1. The first kappa shape index (κ1) is 17.5. The highest BCUT2D eigenvalue weighted by molar-refractivity contribution is 7.80. The van der Waals surface area contributed by atoms with Gasteiger partial charge in [0.1, 0.15) is 11.3 Å². The molecule has 126 valence electrons. The molecule has 9 heteroatoms. The highest BCUT2D eigenvalue weighted by Gasteiger charge is 2.38. The van der Waals surface area contributed by atoms with Crippen molar-refractivity contribution in [3.8, 4) is 5.75 Å². The molecule has 0 radical (unpaired) electrons. The minimum absolute atomic E-state index is 0.0147. The zero-order valence-electron chi connectivity index (χ0n) is 13.1. The van der Waals surface area contributed by atoms with Gasteiger partial charge in [-0.2, -0.15) is 0 Å². The molecular formula is C15H15N3O5S. The quantitative estimate of drug-likeness (QED) is 0.292. The van der Waals surface area contributed by atoms with Crippen LogP contribution in [0.25, 0.3) is 6.08 Å². The molecule has 0 saturated carbocycles. The van der Waals surface area contributed by atoms with Crippen molar-refractivity contribution in [2.75, 3.05) is 13.1 Å². The van der Waals surface area contributed by atoms with Crippen molar-refractivity contribution in [3.05, 3.63) is 39.4 Å². The number of nitro groups is 1. The Morgan fingerprint density at radius 3 is 2.21 bits per heavy atom. The maximum atomic E-state index is 12.5. The summed E-state index contributed by atoms with van der Waals surface area (Å²) in [5, 5.41) is 20.9. The molecule has 0 atom stereocenters. The number of hydrogen-bond donors (Lipinski definition) is 1. The second-order valence-electron chi connectivity index (χ2n) is 4.94. The van der Waals surface area contributed by atoms with Gasteiger partial charge in [0.15, 0.2) is 5.11 Å². The number of aromatic hydroxyl groups is 1. The van der Waals surface area contributed by atoms with Crippen LogP contribution < -0.4 is 0 Å². The summed E-state index contributed by atoms with van der Waals surface area (Å²) in [6.07, 6.45) is 1.15. The fraction of sp³-hybridized carbons (Fsp3) is 0.267. The molecular weight excluding hydrogens is 334 g/mol. The number of non-ortho nitro benzene ring substituents is 1. The van der Waals surface area contributed by atoms with Crippen LogP contribution >= 0.6 is 12.2 Å². The van der Waals surface area contributed by atoms with Gasteiger partial charge in [0.2, 0.25) is 0 Å². The van der Waals surface area contributed by atoms with Crippen molar-refractivity contribution in [1.29, 1.82) is 0 Å². The lowest BCUT2D eigenvalue weighted by Gasteiger charge is -2.35. The first-order chi connectivity index (χ1) is 11.3. The molecule has 0 bridgehead atoms. The average Bonchev–Trinajstić information content (AvgIpc) is 2.53. The lowest BCUT2D eigenvalue weighted by molar-refractivity contribution is -0.384. The highest BCUT2D eigenvalue weighted by Crippen LogP contribution is 2.27. The van der Waals surface area contributed by atoms with Crippen LogP contribution in [-0.2, 0) is 9.59 Å². The van der Waals surface area contributed by atoms with Gasteiger partial charge < -0.3 is 5.11 Å². The first-order valence-corrected chi connectivity index (χ1v) is 7.59. The zero-order chi connectivity index (χ0) is 18.0. The number of amides is 2. The van der Waals surface area contributed by atoms with Crippen LogP contribution in [0.5, 0.6) is 5.75 Å². The maximum absolute atomic E-state index is 12.5. The highest BCUT2D eigenvalue weighted by atomic mass is 32.1. The van der Waals surface area contributed by atoms with E-state index in [4.69, 9.17) is 12.2 Å². The van der Waals surface area contributed by atoms with E-state index in [0.29, 0.717) is 0 Å². The van der Waals surface area contributed by atoms with E-state index in [1.165, 1.54) is 9.80 Å². The number of carbonyl (C=O) groups excluding carboxylic acids is 2. The number of nitro benzene ring substituents is 1. The molecule has 2 rings (SSSR count). The Morgan fingerprint density at radius 1 is 1.21 bits per heavy atom. The smallest absolute Gasteiger partial charge is 0.270 e. The Balaban J connectivity index is 2.56. The molecule has 1 saturated heterocycles. The van der Waals surface area contributed by atoms with Gasteiger partial charge in [-0.25, -0.2) is 0 Å². The summed E-state index contributed by atoms with van der Waals surface area (Å²) in [6, 6.07) is 3.37. The molecule has 1 aromatic rings. The van der Waals surface area contributed by atoms with Gasteiger partial charge in [-0.05, 0) is 38.2 Å². The summed E-state index contributed by atoms with van der Waals surface area (Å²) >= 11 is 5.14. The first-order valence-electron chi connectivity index (χ1n) is 7.18. The van der Waals surface area contributed by atoms with Gasteiger partial charge >= 0.3 is 0 Å². The summed E-state index contributed by atoms with van der Waals surface area (Å²) in [6.45, 7) is 3.99. The van der Waals surface area contributed by atoms with Gasteiger partial charge in [0.05, 0.1) is 4.92 Å². The van der Waals surface area contributed by atoms with E-state index in [0.717, 1.165) is 24.3 Å². The number of benzene rings is 1. The molecule has 1 N–H and O–H groups in total. The number of hydrogen-bond acceptors (Lipinski definition) is 6. The van der Waals surface area contributed by atoms with Crippen LogP contribution in [0.2, 0.25) is 0 Å². The van der Waals surface area contributed by atoms with Crippen molar-refractivity contribution in [2.24, 2.45) is 0 Å². The van der Waals surface area contributed by atoms with E-state index >= 15 is 0 Å². The molecule has 0 unspecified atom stereocenters. The molecule has 0 spiro atoms. The average molecular weight is 349 g/mol. The summed E-state index contributed by atoms with van der Waals surface area (Å²) in [5.41, 5.74) is -0.450. The predicted octanol–water partition coefficient (Wildman–Crippen LogP) is 1.68. The molecule has 1 aromatic carbocycles. The predicted molar refractivity (Wildman–Crippen MR) is 90.1 cm³/mol. The Bertz CT molecular complexity index is 746. The second kappa shape index (κ2) is 6.75. The van der Waals surface area contributed by atoms with E-state index < -0.39 is 16.7 Å². The maximum Gasteiger partial charge on any atom is 0.270 e. The summed E-state index contributed by atoms with van der Waals surface area (Å²) < 4.78 is 0. The molecule has 1 fully saturated rings. The number of likely N-dealkylation sites (N-methyl/N-ethyl adjacent to an activating group) is 2. The van der Waals surface area contributed by atoms with E-state index in [-0.39, 0.29) is 40.8 Å². The normalized spacial score (nSPS) is 15.1. The van der Waals surface area contributed by atoms with Crippen LogP contribution in [0.1, 0.15) is 19.4 Å². The fourth-order valence-electron chi connectivity index (χ4n) is 2.31. The van der Waals surface area contributed by atoms with Crippen molar-refractivity contribution in [3.63, 3.8) is 0 Å². The Morgan fingerprint density at radius 2 is 1.75 bits per heavy atom. The molecule has 2 amide bonds. The van der Waals surface area contributed by atoms with Crippen LogP contribution in [0, 0.1) is 10.1 Å². The molecule has 1 aliphatic heterocycles. The zero-order valence-corrected chi connectivity index (χ0v) is 13.9. The number of nitrogens with zero attached hydrogens (tertiary/aromatic N) is 3. The van der Waals surface area contributed by atoms with E-state index in [1.807, 2.05) is 0 Å². The second-order valence-corrected chi connectivity index (χ2v) is 5.30. The standard InChI is InChI=1S/C15H15N3O5S/c1-3-16-13(20)11(14(21)17(4-2)15(16)24)8-9-7-10(18(22)23)5-6-12(9)19/h5-8,19H,3-4H2,1-2H3. The van der Waals surface area contributed by atoms with Gasteiger partial charge in [-0.15, -0.1) is 0 Å². The van der Waals surface area contributed by atoms with E-state index in [9.17, 15) is 24.8 Å². The molecule has 0 aromatic heterocycles. The van der Waals surface area contributed by atoms with Crippen molar-refractivity contribution >= 4 is 40.9 Å². The largest absolute Gasteiger partial charge is 0.507 e. The van der Waals surface area contributed by atoms with Crippen LogP contribution in [0.3, 0.4) is 0 Å². The Kier molecular flexibility index (Phi) is 4.93. The number of phenols is 1. The summed E-state index contributed by atoms with van der Waals surface area (Å²) in [5.74, 6) is -1.46. The lowest BCUT2D eigenvalue weighted by Crippen LogP contribution is -2.55. The Labute approximate surface area is 143 Å². The number of carbonyl (C=O) groups is 2. The SMILES string of the molecule is CCN1C(=O)C(=Cc2cc([N+](=O)[O-])ccc2O)C(=O)N(CC)C1=S. The van der Waals surface area contributed by atoms with Gasteiger partial charge in [-0.1, -0.05) is 0 Å². The third-order valence-corrected chi connectivity index (χ3v) is 4.01. The summed E-state index contributed by atoms with van der Waals surface area (Å²) in [4.78, 5) is 37.7. The molecule has 1 aliphatic rings. The minimum Gasteiger partial charge on any atom is -0.507 e. The van der Waals surface area contributed by atoms with Crippen LogP contribution in [-0.4, -0.2) is 49.8 Å². The monoisotopic (exact) mass is 349 g/mol. The molecule has 24 heavy (non-hydrogen) atoms. The van der Waals surface area contributed by atoms with Crippen LogP contribution in [0.4, 0.5) is 5.69 Å². The molecule has 0 aliphatic carbocycles. The number of rotatable bonds is 4. The topological polar surface area (TPSA) is 104 Å². The van der Waals surface area contributed by atoms with E-state index in [2.05, 4.69) is 0 Å². The van der Waals surface area contributed by atoms with Crippen molar-refractivity contribution in [2.45, 2.75) is 13.8 Å². The van der Waals surface area contributed by atoms with Gasteiger partial charge in [0, 0.05) is 30.8 Å². The molecule has 8 nitrogen and oxygen atoms in total. The van der Waals surface area contributed by atoms with Crippen molar-refractivity contribution < 1.29 is 19.6 Å². The van der Waals surface area contributed by atoms with Gasteiger partial charge in [-0.3, -0.25) is 29.5 Å². The van der Waals surface area contributed by atoms with Gasteiger partial charge in [0.25, 0.3) is 17.5 Å². The Hall–Kier alpha value is -2.81. The fourth-order valence-corrected chi connectivity index (χ4v) is 2.73. The third-order valence-electron chi connectivity index (χ3n) is 3.57. The third kappa shape index (κ3) is 2.98. The number of thiocarbonyl (C=S) groups is 1. The van der Waals surface area contributed by atoms with Crippen LogP contribution in [0.15, 0.2) is 23.8 Å². The van der Waals surface area contributed by atoms with E-state index in [1.54, 1.807) is 13.8 Å². The molecule has 1 heterocycles.